The molecule has 6 rings (SSSR count). The van der Waals surface area contributed by atoms with Crippen LogP contribution in [0.2, 0.25) is 5.02 Å². The molecule has 1 aliphatic heterocycles. The van der Waals surface area contributed by atoms with Gasteiger partial charge in [0, 0.05) is 30.1 Å². The highest BCUT2D eigenvalue weighted by atomic mass is 35.5. The normalized spacial score (nSPS) is 17.9. The van der Waals surface area contributed by atoms with Crippen LogP contribution in [0.25, 0.3) is 16.0 Å². The lowest BCUT2D eigenvalue weighted by Gasteiger charge is -2.40. The molecule has 0 saturated carbocycles. The Morgan fingerprint density at radius 1 is 0.966 bits per heavy atom. The summed E-state index contributed by atoms with van der Waals surface area (Å²) in [5, 5.41) is 5.09. The third-order valence-corrected chi connectivity index (χ3v) is 7.99. The van der Waals surface area contributed by atoms with Gasteiger partial charge in [-0.2, -0.15) is 0 Å². The first-order valence-corrected chi connectivity index (χ1v) is 11.5. The molecule has 1 fully saturated rings. The Balaban J connectivity index is 1.25. The summed E-state index contributed by atoms with van der Waals surface area (Å²) >= 11 is 8.15. The van der Waals surface area contributed by atoms with E-state index in [9.17, 15) is 0 Å². The fourth-order valence-corrected chi connectivity index (χ4v) is 6.37. The van der Waals surface area contributed by atoms with E-state index in [2.05, 4.69) is 57.4 Å². The molecule has 3 nitrogen and oxygen atoms in total. The number of para-hydroxylation sites is 1. The van der Waals surface area contributed by atoms with Gasteiger partial charge >= 0.3 is 0 Å². The van der Waals surface area contributed by atoms with Gasteiger partial charge in [0.15, 0.2) is 5.13 Å². The Labute approximate surface area is 179 Å². The number of anilines is 1. The van der Waals surface area contributed by atoms with Crippen LogP contribution in [-0.2, 0) is 11.8 Å². The van der Waals surface area contributed by atoms with Crippen molar-refractivity contribution in [3.8, 4) is 5.13 Å². The summed E-state index contributed by atoms with van der Waals surface area (Å²) in [6.07, 6.45) is 7.04. The van der Waals surface area contributed by atoms with E-state index < -0.39 is 0 Å². The van der Waals surface area contributed by atoms with Gasteiger partial charge in [-0.15, -0.1) is 11.3 Å². The maximum Gasteiger partial charge on any atom is 0.196 e. The van der Waals surface area contributed by atoms with Gasteiger partial charge < -0.3 is 4.90 Å². The van der Waals surface area contributed by atoms with Gasteiger partial charge in [-0.3, -0.25) is 4.57 Å². The van der Waals surface area contributed by atoms with Crippen molar-refractivity contribution in [3.05, 3.63) is 76.3 Å². The van der Waals surface area contributed by atoms with Crippen LogP contribution in [0.15, 0.2) is 60.1 Å². The van der Waals surface area contributed by atoms with E-state index in [1.54, 1.807) is 22.5 Å². The van der Waals surface area contributed by atoms with Crippen molar-refractivity contribution in [1.82, 2.24) is 9.55 Å². The lowest BCUT2D eigenvalue weighted by molar-refractivity contribution is 0.329. The minimum Gasteiger partial charge on any atom is -0.356 e. The molecule has 5 heteroatoms. The topological polar surface area (TPSA) is 21.1 Å². The molecule has 2 aromatic carbocycles. The fourth-order valence-electron chi connectivity index (χ4n) is 5.27. The fraction of sp³-hybridized carbons (Fsp3) is 0.292. The van der Waals surface area contributed by atoms with Crippen molar-refractivity contribution in [2.45, 2.75) is 31.1 Å². The molecule has 0 unspecified atom stereocenters. The summed E-state index contributed by atoms with van der Waals surface area (Å²) in [6, 6.07) is 17.2. The summed E-state index contributed by atoms with van der Waals surface area (Å²) in [6.45, 7) is 2.15. The van der Waals surface area contributed by atoms with E-state index in [1.165, 1.54) is 25.7 Å². The van der Waals surface area contributed by atoms with Crippen molar-refractivity contribution in [2.24, 2.45) is 0 Å². The van der Waals surface area contributed by atoms with E-state index in [4.69, 9.17) is 16.6 Å². The van der Waals surface area contributed by atoms with Gasteiger partial charge in [-0.05, 0) is 54.4 Å². The number of aryl methyl sites for hydroxylation is 1. The molecule has 1 aliphatic carbocycles. The Hall–Kier alpha value is -2.30. The van der Waals surface area contributed by atoms with E-state index in [-0.39, 0.29) is 0 Å². The van der Waals surface area contributed by atoms with Gasteiger partial charge in [-0.25, -0.2) is 4.98 Å². The molecular formula is C24H22ClN3S. The van der Waals surface area contributed by atoms with Crippen LogP contribution < -0.4 is 4.90 Å². The predicted octanol–water partition coefficient (Wildman–Crippen LogP) is 6.22. The molecular weight excluding hydrogens is 398 g/mol. The number of hydrogen-bond donors (Lipinski definition) is 0. The second kappa shape index (κ2) is 6.61. The second-order valence-electron chi connectivity index (χ2n) is 8.28. The molecule has 146 valence electrons. The minimum absolute atomic E-state index is 0.385. The van der Waals surface area contributed by atoms with Crippen LogP contribution >= 0.6 is 22.9 Å². The van der Waals surface area contributed by atoms with Crippen molar-refractivity contribution >= 4 is 39.7 Å². The number of aromatic nitrogens is 2. The Morgan fingerprint density at radius 2 is 1.83 bits per heavy atom. The van der Waals surface area contributed by atoms with Gasteiger partial charge in [0.1, 0.15) is 5.82 Å². The Morgan fingerprint density at radius 3 is 2.72 bits per heavy atom. The van der Waals surface area contributed by atoms with Crippen molar-refractivity contribution in [1.29, 1.82) is 0 Å². The quantitative estimate of drug-likeness (QED) is 0.384. The van der Waals surface area contributed by atoms with E-state index >= 15 is 0 Å². The number of benzene rings is 2. The number of halogens is 1. The highest BCUT2D eigenvalue weighted by molar-refractivity contribution is 7.12. The highest BCUT2D eigenvalue weighted by Gasteiger charge is 2.41. The Bertz CT molecular complexity index is 1200. The maximum absolute atomic E-state index is 6.47. The first kappa shape index (κ1) is 17.5. The zero-order chi connectivity index (χ0) is 19.4. The standard InChI is InChI=1S/C24H22ClN3S/c25-20-7-3-5-18-9-13-28(22(18)20)23-26-21(16-29-23)27-14-11-24(12-15-27)10-8-17-4-1-2-6-19(17)24/h1-7,9,13,16H,8,10-12,14-15H2. The molecule has 0 radical (unpaired) electrons. The SMILES string of the molecule is Clc1cccc2ccn(-c3nc(N4CCC5(CCc6ccccc65)CC4)cs3)c12. The van der Waals surface area contributed by atoms with Crippen LogP contribution in [-0.4, -0.2) is 22.6 Å². The van der Waals surface area contributed by atoms with Gasteiger partial charge in [0.2, 0.25) is 0 Å². The molecule has 0 atom stereocenters. The maximum atomic E-state index is 6.47. The van der Waals surface area contributed by atoms with Crippen LogP contribution in [0.3, 0.4) is 0 Å². The summed E-state index contributed by atoms with van der Waals surface area (Å²) in [5.41, 5.74) is 4.59. The van der Waals surface area contributed by atoms with Crippen LogP contribution in [0.1, 0.15) is 30.4 Å². The largest absolute Gasteiger partial charge is 0.356 e. The van der Waals surface area contributed by atoms with E-state index in [0.717, 1.165) is 40.0 Å². The Kier molecular flexibility index (Phi) is 4.00. The van der Waals surface area contributed by atoms with Gasteiger partial charge in [-0.1, -0.05) is 48.0 Å². The zero-order valence-electron chi connectivity index (χ0n) is 16.1. The molecule has 4 aromatic rings. The molecule has 1 saturated heterocycles. The number of nitrogens with zero attached hydrogens (tertiary/aromatic N) is 3. The molecule has 0 amide bonds. The summed E-state index contributed by atoms with van der Waals surface area (Å²) in [7, 11) is 0. The summed E-state index contributed by atoms with van der Waals surface area (Å²) < 4.78 is 2.12. The van der Waals surface area contributed by atoms with Crippen molar-refractivity contribution in [3.63, 3.8) is 0 Å². The average Bonchev–Trinajstić information content (AvgIpc) is 3.47. The first-order chi connectivity index (χ1) is 14.2. The van der Waals surface area contributed by atoms with E-state index in [0.29, 0.717) is 5.41 Å². The molecule has 0 N–H and O–H groups in total. The predicted molar refractivity (Wildman–Crippen MR) is 122 cm³/mol. The van der Waals surface area contributed by atoms with E-state index in [1.807, 2.05) is 12.1 Å². The average molecular weight is 420 g/mol. The summed E-state index contributed by atoms with van der Waals surface area (Å²) in [5.74, 6) is 1.10. The number of piperidine rings is 1. The van der Waals surface area contributed by atoms with Crippen LogP contribution in [0.4, 0.5) is 5.82 Å². The minimum atomic E-state index is 0.385. The molecule has 1 spiro atoms. The number of fused-ring (bicyclic) bond motifs is 3. The van der Waals surface area contributed by atoms with Gasteiger partial charge in [0.25, 0.3) is 0 Å². The number of rotatable bonds is 2. The lowest BCUT2D eigenvalue weighted by atomic mass is 9.74. The van der Waals surface area contributed by atoms with Crippen molar-refractivity contribution < 1.29 is 0 Å². The smallest absolute Gasteiger partial charge is 0.196 e. The third-order valence-electron chi connectivity index (χ3n) is 6.85. The van der Waals surface area contributed by atoms with Gasteiger partial charge in [0.05, 0.1) is 10.5 Å². The summed E-state index contributed by atoms with van der Waals surface area (Å²) in [4.78, 5) is 7.43. The highest BCUT2D eigenvalue weighted by Crippen LogP contribution is 2.46. The molecule has 29 heavy (non-hydrogen) atoms. The molecule has 2 aliphatic rings. The van der Waals surface area contributed by atoms with Crippen LogP contribution in [0.5, 0.6) is 0 Å². The monoisotopic (exact) mass is 419 g/mol. The number of hydrogen-bond acceptors (Lipinski definition) is 3. The molecule has 3 heterocycles. The first-order valence-electron chi connectivity index (χ1n) is 10.3. The van der Waals surface area contributed by atoms with Crippen molar-refractivity contribution in [2.75, 3.05) is 18.0 Å². The molecule has 0 bridgehead atoms. The molecule has 2 aromatic heterocycles. The zero-order valence-corrected chi connectivity index (χ0v) is 17.7. The van der Waals surface area contributed by atoms with Crippen LogP contribution in [0, 0.1) is 0 Å². The third kappa shape index (κ3) is 2.73. The second-order valence-corrected chi connectivity index (χ2v) is 9.52. The number of thiazole rings is 1. The lowest BCUT2D eigenvalue weighted by Crippen LogP contribution is -2.41.